The van der Waals surface area contributed by atoms with Gasteiger partial charge in [-0.05, 0) is 24.3 Å². The van der Waals surface area contributed by atoms with Crippen molar-refractivity contribution in [2.45, 2.75) is 13.0 Å². The van der Waals surface area contributed by atoms with Gasteiger partial charge in [0, 0.05) is 18.2 Å². The molecule has 3 aromatic rings. The number of carbonyl (C=O) groups excluding carboxylic acids is 1. The van der Waals surface area contributed by atoms with E-state index in [0.29, 0.717) is 16.6 Å². The molecule has 23 heavy (non-hydrogen) atoms. The molecule has 7 nitrogen and oxygen atoms in total. The van der Waals surface area contributed by atoms with Crippen molar-refractivity contribution in [3.05, 3.63) is 58.9 Å². The van der Waals surface area contributed by atoms with Crippen LogP contribution in [0.4, 0.5) is 5.69 Å². The first-order valence-electron chi connectivity index (χ1n) is 7.05. The number of phenols is 1. The van der Waals surface area contributed by atoms with Crippen LogP contribution >= 0.6 is 0 Å². The monoisotopic (exact) mass is 310 g/mol. The van der Waals surface area contributed by atoms with Gasteiger partial charge in [0.2, 0.25) is 5.91 Å². The van der Waals surface area contributed by atoms with Gasteiger partial charge in [-0.25, -0.2) is 4.68 Å². The third kappa shape index (κ3) is 3.34. The lowest BCUT2D eigenvalue weighted by molar-refractivity contribution is -0.116. The second-order valence-corrected chi connectivity index (χ2v) is 4.98. The molecule has 0 fully saturated rings. The van der Waals surface area contributed by atoms with E-state index in [4.69, 9.17) is 0 Å². The highest BCUT2D eigenvalue weighted by Crippen LogP contribution is 2.15. The lowest BCUT2D eigenvalue weighted by Crippen LogP contribution is -2.26. The Kier molecular flexibility index (Phi) is 4.01. The third-order valence-corrected chi connectivity index (χ3v) is 3.31. The number of benzene rings is 2. The zero-order valence-electron chi connectivity index (χ0n) is 12.1. The first-order chi connectivity index (χ1) is 11.1. The van der Waals surface area contributed by atoms with Crippen molar-refractivity contribution in [2.24, 2.45) is 0 Å². The van der Waals surface area contributed by atoms with Gasteiger partial charge in [-0.2, -0.15) is 0 Å². The number of phenolic OH excluding ortho intramolecular Hbond substituents is 1. The van der Waals surface area contributed by atoms with Gasteiger partial charge in [-0.1, -0.05) is 23.4 Å². The summed E-state index contributed by atoms with van der Waals surface area (Å²) in [6, 6.07) is 13.2. The maximum absolute atomic E-state index is 12.2. The number of amides is 1. The van der Waals surface area contributed by atoms with Crippen molar-refractivity contribution in [1.82, 2.24) is 15.0 Å². The van der Waals surface area contributed by atoms with Crippen LogP contribution in [0.2, 0.25) is 0 Å². The van der Waals surface area contributed by atoms with Gasteiger partial charge in [0.25, 0.3) is 5.56 Å². The normalized spacial score (nSPS) is 10.6. The Labute approximate surface area is 131 Å². The minimum Gasteiger partial charge on any atom is -0.508 e. The summed E-state index contributed by atoms with van der Waals surface area (Å²) in [5.41, 5.74) is 0.741. The van der Waals surface area contributed by atoms with E-state index in [1.807, 2.05) is 0 Å². The number of hydrogen-bond donors (Lipinski definition) is 2. The maximum Gasteiger partial charge on any atom is 0.277 e. The zero-order chi connectivity index (χ0) is 16.2. The van der Waals surface area contributed by atoms with Gasteiger partial charge >= 0.3 is 0 Å². The lowest BCUT2D eigenvalue weighted by atomic mass is 10.2. The van der Waals surface area contributed by atoms with Crippen LogP contribution in [0.15, 0.2) is 53.3 Å². The Morgan fingerprint density at radius 2 is 2.00 bits per heavy atom. The highest BCUT2D eigenvalue weighted by molar-refractivity contribution is 5.90. The molecule has 0 saturated heterocycles. The summed E-state index contributed by atoms with van der Waals surface area (Å²) in [5.74, 6) is -0.211. The van der Waals surface area contributed by atoms with Crippen LogP contribution in [0.3, 0.4) is 0 Å². The van der Waals surface area contributed by atoms with E-state index < -0.39 is 0 Å². The average Bonchev–Trinajstić information content (AvgIpc) is 2.54. The fraction of sp³-hybridized carbons (Fsp3) is 0.125. The Morgan fingerprint density at radius 1 is 1.17 bits per heavy atom. The molecule has 1 amide bonds. The summed E-state index contributed by atoms with van der Waals surface area (Å²) < 4.78 is 1.17. The van der Waals surface area contributed by atoms with E-state index in [0.717, 1.165) is 0 Å². The predicted octanol–water partition coefficient (Wildman–Crippen LogP) is 1.53. The second kappa shape index (κ2) is 6.27. The molecule has 116 valence electrons. The van der Waals surface area contributed by atoms with Crippen LogP contribution in [-0.4, -0.2) is 26.0 Å². The molecule has 1 heterocycles. The Bertz CT molecular complexity index is 920. The SMILES string of the molecule is O=C(CCn1nnc2ccccc2c1=O)Nc1cccc(O)c1. The van der Waals surface area contributed by atoms with Crippen molar-refractivity contribution in [3.8, 4) is 5.75 Å². The number of aromatic hydroxyl groups is 1. The van der Waals surface area contributed by atoms with E-state index >= 15 is 0 Å². The lowest BCUT2D eigenvalue weighted by Gasteiger charge is -2.07. The number of hydrogen-bond acceptors (Lipinski definition) is 5. The molecule has 3 rings (SSSR count). The minimum atomic E-state index is -0.280. The number of fused-ring (bicyclic) bond motifs is 1. The van der Waals surface area contributed by atoms with Crippen molar-refractivity contribution >= 4 is 22.5 Å². The Balaban J connectivity index is 1.70. The molecule has 2 aromatic carbocycles. The number of anilines is 1. The highest BCUT2D eigenvalue weighted by Gasteiger charge is 2.08. The summed E-state index contributed by atoms with van der Waals surface area (Å²) in [5, 5.41) is 20.3. The molecule has 0 aliphatic carbocycles. The van der Waals surface area contributed by atoms with E-state index in [1.54, 1.807) is 36.4 Å². The molecular formula is C16H14N4O3. The third-order valence-electron chi connectivity index (χ3n) is 3.31. The number of nitrogens with one attached hydrogen (secondary N) is 1. The topological polar surface area (TPSA) is 97.1 Å². The summed E-state index contributed by atoms with van der Waals surface area (Å²) in [4.78, 5) is 24.2. The van der Waals surface area contributed by atoms with Gasteiger partial charge in [0.15, 0.2) is 0 Å². The predicted molar refractivity (Wildman–Crippen MR) is 85.2 cm³/mol. The Morgan fingerprint density at radius 3 is 2.83 bits per heavy atom. The molecule has 0 spiro atoms. The molecule has 7 heteroatoms. The van der Waals surface area contributed by atoms with Crippen molar-refractivity contribution in [3.63, 3.8) is 0 Å². The fourth-order valence-electron chi connectivity index (χ4n) is 2.18. The van der Waals surface area contributed by atoms with Gasteiger partial charge in [-0.15, -0.1) is 5.10 Å². The molecule has 1 aromatic heterocycles. The van der Waals surface area contributed by atoms with Gasteiger partial charge in [0.05, 0.1) is 11.9 Å². The molecular weight excluding hydrogens is 296 g/mol. The van der Waals surface area contributed by atoms with E-state index in [-0.39, 0.29) is 30.2 Å². The van der Waals surface area contributed by atoms with Gasteiger partial charge in [-0.3, -0.25) is 9.59 Å². The fourth-order valence-corrected chi connectivity index (χ4v) is 2.18. The molecule has 0 saturated carbocycles. The molecule has 2 N–H and O–H groups in total. The first-order valence-corrected chi connectivity index (χ1v) is 7.05. The van der Waals surface area contributed by atoms with Crippen LogP contribution in [0, 0.1) is 0 Å². The van der Waals surface area contributed by atoms with E-state index in [9.17, 15) is 14.7 Å². The minimum absolute atomic E-state index is 0.0689. The first kappa shape index (κ1) is 14.7. The van der Waals surface area contributed by atoms with Crippen molar-refractivity contribution in [2.75, 3.05) is 5.32 Å². The van der Waals surface area contributed by atoms with Crippen LogP contribution in [0.25, 0.3) is 10.9 Å². The maximum atomic E-state index is 12.2. The number of aryl methyl sites for hydroxylation is 1. The average molecular weight is 310 g/mol. The summed E-state index contributed by atoms with van der Waals surface area (Å²) >= 11 is 0. The number of aromatic nitrogens is 3. The quantitative estimate of drug-likeness (QED) is 0.761. The van der Waals surface area contributed by atoms with Gasteiger partial charge < -0.3 is 10.4 Å². The molecule has 0 radical (unpaired) electrons. The summed E-state index contributed by atoms with van der Waals surface area (Å²) in [6.07, 6.45) is 0.0720. The number of nitrogens with zero attached hydrogens (tertiary/aromatic N) is 3. The smallest absolute Gasteiger partial charge is 0.277 e. The van der Waals surface area contributed by atoms with Crippen LogP contribution in [-0.2, 0) is 11.3 Å². The van der Waals surface area contributed by atoms with Crippen LogP contribution < -0.4 is 10.9 Å². The Hall–Kier alpha value is -3.22. The van der Waals surface area contributed by atoms with Crippen molar-refractivity contribution in [1.29, 1.82) is 0 Å². The van der Waals surface area contributed by atoms with E-state index in [1.165, 1.54) is 16.8 Å². The number of carbonyl (C=O) groups is 1. The summed E-state index contributed by atoms with van der Waals surface area (Å²) in [6.45, 7) is 0.126. The van der Waals surface area contributed by atoms with Crippen LogP contribution in [0.5, 0.6) is 5.75 Å². The molecule has 0 aliphatic rings. The summed E-state index contributed by atoms with van der Waals surface area (Å²) in [7, 11) is 0. The zero-order valence-corrected chi connectivity index (χ0v) is 12.1. The van der Waals surface area contributed by atoms with Crippen LogP contribution in [0.1, 0.15) is 6.42 Å². The van der Waals surface area contributed by atoms with E-state index in [2.05, 4.69) is 15.6 Å². The van der Waals surface area contributed by atoms with Gasteiger partial charge in [0.1, 0.15) is 11.3 Å². The molecule has 0 aliphatic heterocycles. The second-order valence-electron chi connectivity index (χ2n) is 4.98. The highest BCUT2D eigenvalue weighted by atomic mass is 16.3. The van der Waals surface area contributed by atoms with Crippen molar-refractivity contribution < 1.29 is 9.90 Å². The standard InChI is InChI=1S/C16H14N4O3/c21-12-5-3-4-11(10-12)17-15(22)8-9-20-16(23)13-6-1-2-7-14(13)18-19-20/h1-7,10,21H,8-9H2,(H,17,22). The molecule has 0 unspecified atom stereocenters. The largest absolute Gasteiger partial charge is 0.508 e. The molecule has 0 bridgehead atoms. The number of rotatable bonds is 4. The molecule has 0 atom stereocenters.